The summed E-state index contributed by atoms with van der Waals surface area (Å²) in [6.45, 7) is 2.18. The van der Waals surface area contributed by atoms with Crippen molar-refractivity contribution >= 4 is 29.0 Å². The van der Waals surface area contributed by atoms with Gasteiger partial charge in [-0.2, -0.15) is 0 Å². The molecule has 0 aliphatic carbocycles. The van der Waals surface area contributed by atoms with Crippen molar-refractivity contribution in [3.63, 3.8) is 0 Å². The van der Waals surface area contributed by atoms with E-state index in [-0.39, 0.29) is 29.9 Å². The molecule has 3 radical (unpaired) electrons. The van der Waals surface area contributed by atoms with Crippen LogP contribution in [0.5, 0.6) is 11.5 Å². The van der Waals surface area contributed by atoms with Crippen molar-refractivity contribution in [3.8, 4) is 11.5 Å². The molecule has 2 rings (SSSR count). The van der Waals surface area contributed by atoms with Crippen LogP contribution in [-0.4, -0.2) is 29.2 Å². The van der Waals surface area contributed by atoms with Crippen LogP contribution in [0, 0.1) is 0 Å². The van der Waals surface area contributed by atoms with Crippen molar-refractivity contribution in [1.82, 2.24) is 0 Å². The molecule has 3 nitrogen and oxygen atoms in total. The van der Waals surface area contributed by atoms with E-state index >= 15 is 0 Å². The molecule has 0 aliphatic rings. The number of rotatable bonds is 5. The third-order valence-electron chi connectivity index (χ3n) is 2.82. The molecule has 0 saturated heterocycles. The van der Waals surface area contributed by atoms with Gasteiger partial charge in [-0.25, -0.2) is 4.89 Å². The molecule has 1 N–H and O–H groups in total. The minimum Gasteiger partial charge on any atom is -0.456 e. The van der Waals surface area contributed by atoms with Crippen molar-refractivity contribution in [3.05, 3.63) is 59.1 Å². The molecule has 103 valence electrons. The van der Waals surface area contributed by atoms with Crippen LogP contribution in [0.2, 0.25) is 5.02 Å². The molecule has 1 atom stereocenters. The zero-order valence-corrected chi connectivity index (χ0v) is 13.0. The van der Waals surface area contributed by atoms with Crippen molar-refractivity contribution in [2.24, 2.45) is 0 Å². The van der Waals surface area contributed by atoms with Gasteiger partial charge in [0.1, 0.15) is 11.5 Å². The van der Waals surface area contributed by atoms with Gasteiger partial charge in [0.15, 0.2) is 0 Å². The average Bonchev–Trinajstić information content (AvgIpc) is 2.42. The fourth-order valence-corrected chi connectivity index (χ4v) is 1.88. The van der Waals surface area contributed by atoms with E-state index in [0.717, 1.165) is 11.3 Å². The van der Waals surface area contributed by atoms with Crippen LogP contribution in [0.25, 0.3) is 0 Å². The molecule has 2 aromatic rings. The Labute approximate surface area is 134 Å². The van der Waals surface area contributed by atoms with Crippen molar-refractivity contribution in [2.45, 2.75) is 12.8 Å². The van der Waals surface area contributed by atoms with Gasteiger partial charge < -0.3 is 4.74 Å². The summed E-state index contributed by atoms with van der Waals surface area (Å²) >= 11 is 6.12. The summed E-state index contributed by atoms with van der Waals surface area (Å²) in [6, 6.07) is 15.0. The minimum atomic E-state index is 0. The lowest BCUT2D eigenvalue weighted by atomic mass is 10.0. The smallest absolute Gasteiger partial charge is 0.146 e. The lowest BCUT2D eigenvalue weighted by molar-refractivity contribution is -0.245. The molecule has 0 saturated carbocycles. The highest BCUT2D eigenvalue weighted by atomic mass is 35.5. The molecule has 0 fully saturated rings. The number of hydrogen-bond acceptors (Lipinski definition) is 3. The summed E-state index contributed by atoms with van der Waals surface area (Å²) in [5, 5.41) is 9.05. The predicted molar refractivity (Wildman–Crippen MR) is 80.7 cm³/mol. The standard InChI is InChI=1S/C15H15ClO3.Al/c1-11(10-18-17)12-7-8-14(16)15(9-12)19-13-5-3-2-4-6-13;/h2-9,11,17H,10H2,1H3;. The maximum Gasteiger partial charge on any atom is 0.146 e. The topological polar surface area (TPSA) is 38.7 Å². The molecule has 0 amide bonds. The van der Waals surface area contributed by atoms with Gasteiger partial charge in [-0.3, -0.25) is 5.26 Å². The van der Waals surface area contributed by atoms with E-state index in [1.165, 1.54) is 0 Å². The van der Waals surface area contributed by atoms with E-state index in [1.54, 1.807) is 6.07 Å². The highest BCUT2D eigenvalue weighted by Gasteiger charge is 2.10. The fourth-order valence-electron chi connectivity index (χ4n) is 1.73. The molecule has 0 aliphatic heterocycles. The lowest BCUT2D eigenvalue weighted by Crippen LogP contribution is -2.02. The molecule has 0 heterocycles. The first kappa shape index (κ1) is 17.0. The van der Waals surface area contributed by atoms with Gasteiger partial charge in [0.25, 0.3) is 0 Å². The summed E-state index contributed by atoms with van der Waals surface area (Å²) in [5.41, 5.74) is 0.990. The number of para-hydroxylation sites is 1. The van der Waals surface area contributed by atoms with Gasteiger partial charge in [-0.15, -0.1) is 0 Å². The summed E-state index contributed by atoms with van der Waals surface area (Å²) in [7, 11) is 0. The Morgan fingerprint density at radius 2 is 1.85 bits per heavy atom. The Bertz CT molecular complexity index is 534. The second kappa shape index (κ2) is 8.31. The largest absolute Gasteiger partial charge is 0.456 e. The maximum atomic E-state index is 8.50. The van der Waals surface area contributed by atoms with Crippen LogP contribution in [0.1, 0.15) is 18.4 Å². The first-order chi connectivity index (χ1) is 9.20. The molecular weight excluding hydrogens is 291 g/mol. The fraction of sp³-hybridized carbons (Fsp3) is 0.200. The summed E-state index contributed by atoms with van der Waals surface area (Å²) in [5.74, 6) is 1.38. The van der Waals surface area contributed by atoms with Crippen LogP contribution in [0.3, 0.4) is 0 Å². The second-order valence-corrected chi connectivity index (χ2v) is 4.71. The van der Waals surface area contributed by atoms with Gasteiger partial charge >= 0.3 is 0 Å². The van der Waals surface area contributed by atoms with Gasteiger partial charge in [0.2, 0.25) is 0 Å². The number of benzene rings is 2. The lowest BCUT2D eigenvalue weighted by Gasteiger charge is -2.13. The molecule has 0 spiro atoms. The number of ether oxygens (including phenoxy) is 1. The summed E-state index contributed by atoms with van der Waals surface area (Å²) in [6.07, 6.45) is 0. The zero-order chi connectivity index (χ0) is 13.7. The van der Waals surface area contributed by atoms with E-state index in [0.29, 0.717) is 10.8 Å². The van der Waals surface area contributed by atoms with Crippen LogP contribution in [0.4, 0.5) is 0 Å². The monoisotopic (exact) mass is 305 g/mol. The number of halogens is 1. The highest BCUT2D eigenvalue weighted by molar-refractivity contribution is 6.32. The van der Waals surface area contributed by atoms with Gasteiger partial charge in [-0.05, 0) is 29.8 Å². The van der Waals surface area contributed by atoms with Crippen LogP contribution in [0.15, 0.2) is 48.5 Å². The Kier molecular flexibility index (Phi) is 7.08. The van der Waals surface area contributed by atoms with Crippen LogP contribution in [-0.2, 0) is 4.89 Å². The minimum absolute atomic E-state index is 0. The molecule has 5 heteroatoms. The first-order valence-corrected chi connectivity index (χ1v) is 6.37. The highest BCUT2D eigenvalue weighted by Crippen LogP contribution is 2.32. The third kappa shape index (κ3) is 4.52. The van der Waals surface area contributed by atoms with Crippen molar-refractivity contribution < 1.29 is 14.9 Å². The molecular formula is C15H15AlClO3. The summed E-state index contributed by atoms with van der Waals surface area (Å²) < 4.78 is 5.74. The maximum absolute atomic E-state index is 8.50. The molecule has 2 aromatic carbocycles. The average molecular weight is 306 g/mol. The van der Waals surface area contributed by atoms with E-state index in [9.17, 15) is 0 Å². The molecule has 0 bridgehead atoms. The zero-order valence-electron chi connectivity index (χ0n) is 11.1. The van der Waals surface area contributed by atoms with Gasteiger partial charge in [0.05, 0.1) is 11.6 Å². The van der Waals surface area contributed by atoms with Crippen molar-refractivity contribution in [1.29, 1.82) is 0 Å². The molecule has 1 unspecified atom stereocenters. The Hall–Kier alpha value is -1.02. The molecule has 20 heavy (non-hydrogen) atoms. The normalized spacial score (nSPS) is 11.6. The second-order valence-electron chi connectivity index (χ2n) is 4.30. The Morgan fingerprint density at radius 3 is 2.50 bits per heavy atom. The van der Waals surface area contributed by atoms with Crippen LogP contribution >= 0.6 is 11.6 Å². The number of hydrogen-bond donors (Lipinski definition) is 1. The SMILES string of the molecule is CC(COO)c1ccc(Cl)c(Oc2ccccc2)c1.[Al]. The van der Waals surface area contributed by atoms with E-state index in [2.05, 4.69) is 4.89 Å². The molecule has 0 aromatic heterocycles. The van der Waals surface area contributed by atoms with Crippen molar-refractivity contribution in [2.75, 3.05) is 6.61 Å². The van der Waals surface area contributed by atoms with Gasteiger partial charge in [-0.1, -0.05) is 42.8 Å². The Balaban J connectivity index is 0.00000200. The summed E-state index contributed by atoms with van der Waals surface area (Å²) in [4.78, 5) is 4.17. The quantitative estimate of drug-likeness (QED) is 0.507. The van der Waals surface area contributed by atoms with Crippen LogP contribution < -0.4 is 4.74 Å². The van der Waals surface area contributed by atoms with E-state index < -0.39 is 0 Å². The first-order valence-electron chi connectivity index (χ1n) is 5.99. The van der Waals surface area contributed by atoms with E-state index in [1.807, 2.05) is 49.4 Å². The third-order valence-corrected chi connectivity index (χ3v) is 3.13. The predicted octanol–water partition coefficient (Wildman–Crippen LogP) is 4.34. The Morgan fingerprint density at radius 1 is 1.15 bits per heavy atom. The van der Waals surface area contributed by atoms with Gasteiger partial charge in [0, 0.05) is 23.3 Å². The van der Waals surface area contributed by atoms with E-state index in [4.69, 9.17) is 21.6 Å².